The maximum absolute atomic E-state index is 12.5. The first-order chi connectivity index (χ1) is 12.6. The van der Waals surface area contributed by atoms with E-state index in [1.807, 2.05) is 24.3 Å². The molecule has 1 amide bonds. The number of para-hydroxylation sites is 1. The van der Waals surface area contributed by atoms with Gasteiger partial charge in [-0.2, -0.15) is 5.10 Å². The predicted octanol–water partition coefficient (Wildman–Crippen LogP) is 3.27. The van der Waals surface area contributed by atoms with Crippen LogP contribution in [0, 0.1) is 0 Å². The molecular formula is C18H19ClN6O. The number of likely N-dealkylation sites (tertiary alicyclic amines) is 1. The quantitative estimate of drug-likeness (QED) is 0.738. The molecule has 2 aromatic heterocycles. The SMILES string of the molecule is CN1CCCC1c1cc(C(=O)Nc2ccn(-c3ccccc3Cl)n2)n[nH]1. The van der Waals surface area contributed by atoms with Gasteiger partial charge in [-0.25, -0.2) is 4.68 Å². The molecule has 4 rings (SSSR count). The van der Waals surface area contributed by atoms with E-state index in [-0.39, 0.29) is 5.91 Å². The fourth-order valence-electron chi connectivity index (χ4n) is 3.27. The summed E-state index contributed by atoms with van der Waals surface area (Å²) in [5.41, 5.74) is 2.07. The van der Waals surface area contributed by atoms with Crippen LogP contribution in [0.25, 0.3) is 5.69 Å². The monoisotopic (exact) mass is 370 g/mol. The van der Waals surface area contributed by atoms with Gasteiger partial charge in [0.2, 0.25) is 0 Å². The van der Waals surface area contributed by atoms with Crippen molar-refractivity contribution in [3.63, 3.8) is 0 Å². The largest absolute Gasteiger partial charge is 0.304 e. The van der Waals surface area contributed by atoms with Crippen LogP contribution in [-0.4, -0.2) is 44.4 Å². The lowest BCUT2D eigenvalue weighted by Crippen LogP contribution is -2.17. The number of amides is 1. The topological polar surface area (TPSA) is 78.8 Å². The normalized spacial score (nSPS) is 17.5. The molecule has 1 aliphatic heterocycles. The first-order valence-corrected chi connectivity index (χ1v) is 8.87. The third-order valence-electron chi connectivity index (χ3n) is 4.64. The molecule has 0 saturated carbocycles. The molecule has 1 saturated heterocycles. The number of nitrogens with zero attached hydrogens (tertiary/aromatic N) is 4. The summed E-state index contributed by atoms with van der Waals surface area (Å²) in [4.78, 5) is 14.7. The highest BCUT2D eigenvalue weighted by atomic mass is 35.5. The summed E-state index contributed by atoms with van der Waals surface area (Å²) in [6, 6.07) is 11.2. The van der Waals surface area contributed by atoms with E-state index in [1.54, 1.807) is 23.0 Å². The van der Waals surface area contributed by atoms with Gasteiger partial charge < -0.3 is 5.32 Å². The summed E-state index contributed by atoms with van der Waals surface area (Å²) in [7, 11) is 2.08. The molecule has 2 N–H and O–H groups in total. The Hall–Kier alpha value is -2.64. The van der Waals surface area contributed by atoms with Gasteiger partial charge in [0, 0.05) is 12.3 Å². The summed E-state index contributed by atoms with van der Waals surface area (Å²) in [5.74, 6) is 0.148. The number of aromatic amines is 1. The molecule has 3 heterocycles. The third kappa shape index (κ3) is 3.23. The molecule has 3 aromatic rings. The second kappa shape index (κ2) is 6.93. The van der Waals surface area contributed by atoms with Crippen molar-refractivity contribution in [2.24, 2.45) is 0 Å². The van der Waals surface area contributed by atoms with Gasteiger partial charge in [-0.15, -0.1) is 5.10 Å². The van der Waals surface area contributed by atoms with Crippen LogP contribution >= 0.6 is 11.6 Å². The average Bonchev–Trinajstić information content (AvgIpc) is 3.35. The fourth-order valence-corrected chi connectivity index (χ4v) is 3.49. The van der Waals surface area contributed by atoms with Crippen LogP contribution in [0.1, 0.15) is 35.1 Å². The zero-order valence-corrected chi connectivity index (χ0v) is 15.1. The van der Waals surface area contributed by atoms with Crippen LogP contribution in [0.4, 0.5) is 5.82 Å². The predicted molar refractivity (Wildman–Crippen MR) is 99.7 cm³/mol. The van der Waals surface area contributed by atoms with Crippen molar-refractivity contribution in [3.05, 3.63) is 59.0 Å². The highest BCUT2D eigenvalue weighted by Gasteiger charge is 2.25. The Labute approximate surface area is 156 Å². The molecule has 0 radical (unpaired) electrons. The summed E-state index contributed by atoms with van der Waals surface area (Å²) in [5, 5.41) is 14.9. The van der Waals surface area contributed by atoms with Gasteiger partial charge in [0.15, 0.2) is 11.5 Å². The van der Waals surface area contributed by atoms with Gasteiger partial charge in [-0.1, -0.05) is 23.7 Å². The third-order valence-corrected chi connectivity index (χ3v) is 4.96. The van der Waals surface area contributed by atoms with Crippen molar-refractivity contribution in [3.8, 4) is 5.69 Å². The second-order valence-electron chi connectivity index (χ2n) is 6.40. The molecule has 134 valence electrons. The van der Waals surface area contributed by atoms with Gasteiger partial charge in [0.25, 0.3) is 5.91 Å². The smallest absolute Gasteiger partial charge is 0.277 e. The lowest BCUT2D eigenvalue weighted by molar-refractivity contribution is 0.102. The number of benzene rings is 1. The summed E-state index contributed by atoms with van der Waals surface area (Å²) in [6.45, 7) is 1.06. The van der Waals surface area contributed by atoms with Gasteiger partial charge in [-0.05, 0) is 44.6 Å². The van der Waals surface area contributed by atoms with Crippen molar-refractivity contribution in [2.45, 2.75) is 18.9 Å². The van der Waals surface area contributed by atoms with Crippen LogP contribution in [0.2, 0.25) is 5.02 Å². The van der Waals surface area contributed by atoms with Crippen molar-refractivity contribution in [2.75, 3.05) is 18.9 Å². The van der Waals surface area contributed by atoms with E-state index in [1.165, 1.54) is 0 Å². The van der Waals surface area contributed by atoms with Crippen molar-refractivity contribution >= 4 is 23.3 Å². The van der Waals surface area contributed by atoms with E-state index < -0.39 is 0 Å². The summed E-state index contributed by atoms with van der Waals surface area (Å²) < 4.78 is 1.63. The number of nitrogens with one attached hydrogen (secondary N) is 2. The maximum Gasteiger partial charge on any atom is 0.277 e. The Morgan fingerprint density at radius 3 is 2.96 bits per heavy atom. The minimum absolute atomic E-state index is 0.294. The molecular weight excluding hydrogens is 352 g/mol. The van der Waals surface area contributed by atoms with Gasteiger partial charge in [0.05, 0.1) is 22.4 Å². The lowest BCUT2D eigenvalue weighted by atomic mass is 10.1. The average molecular weight is 371 g/mol. The number of carbonyl (C=O) groups excluding carboxylic acids is 1. The number of hydrogen-bond donors (Lipinski definition) is 2. The zero-order chi connectivity index (χ0) is 18.1. The summed E-state index contributed by atoms with van der Waals surface area (Å²) >= 11 is 6.18. The first-order valence-electron chi connectivity index (χ1n) is 8.49. The number of H-pyrrole nitrogens is 1. The Morgan fingerprint density at radius 1 is 1.35 bits per heavy atom. The van der Waals surface area contributed by atoms with Gasteiger partial charge in [0.1, 0.15) is 0 Å². The highest BCUT2D eigenvalue weighted by molar-refractivity contribution is 6.32. The van der Waals surface area contributed by atoms with Crippen LogP contribution in [-0.2, 0) is 0 Å². The molecule has 0 aliphatic carbocycles. The van der Waals surface area contributed by atoms with Gasteiger partial charge >= 0.3 is 0 Å². The highest BCUT2D eigenvalue weighted by Crippen LogP contribution is 2.29. The molecule has 0 spiro atoms. The number of halogens is 1. The maximum atomic E-state index is 12.5. The van der Waals surface area contributed by atoms with Crippen molar-refractivity contribution in [1.29, 1.82) is 0 Å². The molecule has 7 nitrogen and oxygen atoms in total. The van der Waals surface area contributed by atoms with Gasteiger partial charge in [-0.3, -0.25) is 14.8 Å². The molecule has 26 heavy (non-hydrogen) atoms. The van der Waals surface area contributed by atoms with E-state index in [4.69, 9.17) is 11.6 Å². The van der Waals surface area contributed by atoms with E-state index >= 15 is 0 Å². The Kier molecular flexibility index (Phi) is 4.48. The van der Waals surface area contributed by atoms with Crippen LogP contribution in [0.15, 0.2) is 42.6 Å². The molecule has 1 unspecified atom stereocenters. The van der Waals surface area contributed by atoms with E-state index in [9.17, 15) is 4.79 Å². The second-order valence-corrected chi connectivity index (χ2v) is 6.81. The molecule has 1 fully saturated rings. The standard InChI is InChI=1S/C18H19ClN6O/c1-24-9-4-7-16(24)13-11-14(22-21-13)18(26)20-17-8-10-25(23-17)15-6-3-2-5-12(15)19/h2-3,5-6,8,10-11,16H,4,7,9H2,1H3,(H,21,22)(H,20,23,26). The number of aromatic nitrogens is 4. The number of hydrogen-bond acceptors (Lipinski definition) is 4. The fraction of sp³-hybridized carbons (Fsp3) is 0.278. The number of rotatable bonds is 4. The number of anilines is 1. The molecule has 1 atom stereocenters. The minimum Gasteiger partial charge on any atom is -0.304 e. The zero-order valence-electron chi connectivity index (χ0n) is 14.3. The molecule has 0 bridgehead atoms. The Balaban J connectivity index is 1.47. The van der Waals surface area contributed by atoms with Crippen molar-refractivity contribution in [1.82, 2.24) is 24.9 Å². The van der Waals surface area contributed by atoms with E-state index in [0.717, 1.165) is 30.8 Å². The minimum atomic E-state index is -0.294. The van der Waals surface area contributed by atoms with Crippen LogP contribution in [0.5, 0.6) is 0 Å². The number of carbonyl (C=O) groups is 1. The Morgan fingerprint density at radius 2 is 2.19 bits per heavy atom. The first kappa shape index (κ1) is 16.8. The molecule has 1 aliphatic rings. The summed E-state index contributed by atoms with van der Waals surface area (Å²) in [6.07, 6.45) is 3.98. The van der Waals surface area contributed by atoms with Crippen LogP contribution in [0.3, 0.4) is 0 Å². The van der Waals surface area contributed by atoms with E-state index in [2.05, 4.69) is 32.6 Å². The Bertz CT molecular complexity index is 933. The lowest BCUT2D eigenvalue weighted by Gasteiger charge is -2.16. The van der Waals surface area contributed by atoms with Crippen LogP contribution < -0.4 is 5.32 Å². The molecule has 1 aromatic carbocycles. The van der Waals surface area contributed by atoms with E-state index in [0.29, 0.717) is 22.6 Å². The molecule has 8 heteroatoms. The van der Waals surface area contributed by atoms with Crippen molar-refractivity contribution < 1.29 is 4.79 Å².